The van der Waals surface area contributed by atoms with Gasteiger partial charge in [0.05, 0.1) is 11.4 Å². The minimum Gasteiger partial charge on any atom is -0.397 e. The molecule has 3 rings (SSSR count). The van der Waals surface area contributed by atoms with Crippen molar-refractivity contribution in [2.45, 2.75) is 38.6 Å². The summed E-state index contributed by atoms with van der Waals surface area (Å²) < 4.78 is 4.78. The molecule has 1 aliphatic carbocycles. The molecule has 0 radical (unpaired) electrons. The average molecular weight is 246 g/mol. The predicted molar refractivity (Wildman–Crippen MR) is 71.3 cm³/mol. The van der Waals surface area contributed by atoms with Gasteiger partial charge in [0, 0.05) is 6.04 Å². The van der Waals surface area contributed by atoms with Crippen molar-refractivity contribution in [1.29, 1.82) is 0 Å². The second-order valence-electron chi connectivity index (χ2n) is 5.28. The van der Waals surface area contributed by atoms with Crippen LogP contribution in [0.1, 0.15) is 32.6 Å². The van der Waals surface area contributed by atoms with Gasteiger partial charge < -0.3 is 11.1 Å². The number of aromatic nitrogens is 2. The van der Waals surface area contributed by atoms with Crippen LogP contribution in [-0.2, 0) is 0 Å². The van der Waals surface area contributed by atoms with Crippen LogP contribution in [0.5, 0.6) is 0 Å². The van der Waals surface area contributed by atoms with E-state index in [4.69, 9.17) is 10.4 Å². The van der Waals surface area contributed by atoms with Crippen molar-refractivity contribution < 1.29 is 4.63 Å². The Labute approximate surface area is 106 Å². The third-order valence-corrected chi connectivity index (χ3v) is 3.74. The lowest BCUT2D eigenvalue weighted by Gasteiger charge is -2.28. The van der Waals surface area contributed by atoms with Crippen LogP contribution in [0.4, 0.5) is 11.4 Å². The first-order valence-corrected chi connectivity index (χ1v) is 6.51. The lowest BCUT2D eigenvalue weighted by molar-refractivity contribution is 0.315. The molecule has 0 saturated heterocycles. The van der Waals surface area contributed by atoms with Gasteiger partial charge >= 0.3 is 0 Å². The molecule has 0 bridgehead atoms. The molecule has 0 spiro atoms. The van der Waals surface area contributed by atoms with Gasteiger partial charge in [-0.1, -0.05) is 19.8 Å². The molecule has 18 heavy (non-hydrogen) atoms. The molecule has 1 fully saturated rings. The van der Waals surface area contributed by atoms with Crippen LogP contribution in [0.15, 0.2) is 16.8 Å². The van der Waals surface area contributed by atoms with Crippen molar-refractivity contribution in [3.05, 3.63) is 12.1 Å². The summed E-state index contributed by atoms with van der Waals surface area (Å²) in [5, 5.41) is 11.3. The molecule has 96 valence electrons. The second kappa shape index (κ2) is 4.48. The van der Waals surface area contributed by atoms with Crippen molar-refractivity contribution >= 4 is 22.4 Å². The van der Waals surface area contributed by atoms with Crippen molar-refractivity contribution in [2.24, 2.45) is 5.92 Å². The highest BCUT2D eigenvalue weighted by atomic mass is 16.6. The van der Waals surface area contributed by atoms with Gasteiger partial charge in [-0.25, -0.2) is 4.63 Å². The summed E-state index contributed by atoms with van der Waals surface area (Å²) in [5.41, 5.74) is 8.78. The number of fused-ring (bicyclic) bond motifs is 1. The summed E-state index contributed by atoms with van der Waals surface area (Å²) in [6.45, 7) is 2.31. The Morgan fingerprint density at radius 3 is 2.94 bits per heavy atom. The zero-order valence-electron chi connectivity index (χ0n) is 10.5. The first-order chi connectivity index (χ1) is 8.74. The number of hydrogen-bond donors (Lipinski definition) is 2. The van der Waals surface area contributed by atoms with Gasteiger partial charge in [0.1, 0.15) is 0 Å². The average Bonchev–Trinajstić information content (AvgIpc) is 2.83. The Balaban J connectivity index is 1.86. The summed E-state index contributed by atoms with van der Waals surface area (Å²) in [6, 6.07) is 4.32. The van der Waals surface area contributed by atoms with Crippen LogP contribution in [0.2, 0.25) is 0 Å². The molecule has 3 N–H and O–H groups in total. The number of nitrogens with zero attached hydrogens (tertiary/aromatic N) is 2. The topological polar surface area (TPSA) is 77.0 Å². The standard InChI is InChI=1S/C13H18N4O/c1-8-3-2-4-9(7-8)15-11-6-5-10(14)12-13(11)17-18-16-12/h5-6,8-9,15H,2-4,7,14H2,1H3. The molecule has 2 atom stereocenters. The van der Waals surface area contributed by atoms with E-state index in [2.05, 4.69) is 22.6 Å². The SMILES string of the molecule is CC1CCCC(Nc2ccc(N)c3nonc23)C1. The van der Waals surface area contributed by atoms with E-state index in [1.165, 1.54) is 25.7 Å². The number of hydrogen-bond acceptors (Lipinski definition) is 5. The van der Waals surface area contributed by atoms with E-state index in [0.717, 1.165) is 17.1 Å². The molecule has 1 saturated carbocycles. The maximum Gasteiger partial charge on any atom is 0.160 e. The van der Waals surface area contributed by atoms with Crippen molar-refractivity contribution in [3.63, 3.8) is 0 Å². The van der Waals surface area contributed by atoms with Gasteiger partial charge in [-0.3, -0.25) is 0 Å². The minimum absolute atomic E-state index is 0.511. The highest BCUT2D eigenvalue weighted by Gasteiger charge is 2.20. The molecule has 2 unspecified atom stereocenters. The van der Waals surface area contributed by atoms with Crippen molar-refractivity contribution in [3.8, 4) is 0 Å². The third-order valence-electron chi connectivity index (χ3n) is 3.74. The molecule has 5 heteroatoms. The number of nitrogens with two attached hydrogens (primary N) is 1. The number of rotatable bonds is 2. The largest absolute Gasteiger partial charge is 0.397 e. The summed E-state index contributed by atoms with van der Waals surface area (Å²) in [4.78, 5) is 0. The van der Waals surface area contributed by atoms with E-state index in [-0.39, 0.29) is 0 Å². The van der Waals surface area contributed by atoms with E-state index in [0.29, 0.717) is 17.2 Å². The van der Waals surface area contributed by atoms with Crippen LogP contribution in [0.3, 0.4) is 0 Å². The molecule has 5 nitrogen and oxygen atoms in total. The van der Waals surface area contributed by atoms with Crippen LogP contribution in [0, 0.1) is 5.92 Å². The summed E-state index contributed by atoms with van der Waals surface area (Å²) in [5.74, 6) is 0.788. The van der Waals surface area contributed by atoms with E-state index < -0.39 is 0 Å². The number of nitrogens with one attached hydrogen (secondary N) is 1. The minimum atomic E-state index is 0.511. The quantitative estimate of drug-likeness (QED) is 0.797. The van der Waals surface area contributed by atoms with E-state index in [1.54, 1.807) is 0 Å². The van der Waals surface area contributed by atoms with Crippen LogP contribution < -0.4 is 11.1 Å². The first-order valence-electron chi connectivity index (χ1n) is 6.51. The monoisotopic (exact) mass is 246 g/mol. The number of anilines is 2. The van der Waals surface area contributed by atoms with E-state index in [1.807, 2.05) is 12.1 Å². The number of nitrogen functional groups attached to an aromatic ring is 1. The fourth-order valence-electron chi connectivity index (χ4n) is 2.79. The fourth-order valence-corrected chi connectivity index (χ4v) is 2.79. The Kier molecular flexibility index (Phi) is 2.81. The normalized spacial score (nSPS) is 24.3. The van der Waals surface area contributed by atoms with Gasteiger partial charge in [-0.05, 0) is 41.2 Å². The summed E-state index contributed by atoms with van der Waals surface area (Å²) in [6.07, 6.45) is 5.04. The molecular formula is C13H18N4O. The molecule has 1 aliphatic rings. The second-order valence-corrected chi connectivity index (χ2v) is 5.28. The fraction of sp³-hybridized carbons (Fsp3) is 0.538. The molecule has 0 amide bonds. The first kappa shape index (κ1) is 11.3. The highest BCUT2D eigenvalue weighted by molar-refractivity contribution is 5.95. The molecule has 1 heterocycles. The molecular weight excluding hydrogens is 228 g/mol. The smallest absolute Gasteiger partial charge is 0.160 e. The molecule has 1 aromatic heterocycles. The Morgan fingerprint density at radius 1 is 1.28 bits per heavy atom. The lowest BCUT2D eigenvalue weighted by Crippen LogP contribution is -2.26. The highest BCUT2D eigenvalue weighted by Crippen LogP contribution is 2.30. The van der Waals surface area contributed by atoms with Gasteiger partial charge in [0.2, 0.25) is 0 Å². The molecule has 1 aromatic carbocycles. The Bertz CT molecular complexity index is 551. The predicted octanol–water partition coefficient (Wildman–Crippen LogP) is 2.80. The van der Waals surface area contributed by atoms with Crippen molar-refractivity contribution in [2.75, 3.05) is 11.1 Å². The Hall–Kier alpha value is -1.78. The van der Waals surface area contributed by atoms with Crippen LogP contribution >= 0.6 is 0 Å². The summed E-state index contributed by atoms with van der Waals surface area (Å²) >= 11 is 0. The zero-order valence-corrected chi connectivity index (χ0v) is 10.5. The number of benzene rings is 1. The van der Waals surface area contributed by atoms with Gasteiger partial charge in [0.25, 0.3) is 0 Å². The lowest BCUT2D eigenvalue weighted by atomic mass is 9.87. The van der Waals surface area contributed by atoms with Gasteiger partial charge in [0.15, 0.2) is 11.0 Å². The van der Waals surface area contributed by atoms with Crippen LogP contribution in [-0.4, -0.2) is 16.4 Å². The molecule has 2 aromatic rings. The van der Waals surface area contributed by atoms with Crippen molar-refractivity contribution in [1.82, 2.24) is 10.3 Å². The van der Waals surface area contributed by atoms with E-state index in [9.17, 15) is 0 Å². The van der Waals surface area contributed by atoms with E-state index >= 15 is 0 Å². The maximum absolute atomic E-state index is 5.83. The van der Waals surface area contributed by atoms with Gasteiger partial charge in [-0.15, -0.1) is 0 Å². The zero-order chi connectivity index (χ0) is 12.5. The van der Waals surface area contributed by atoms with Gasteiger partial charge in [-0.2, -0.15) is 0 Å². The Morgan fingerprint density at radius 2 is 2.11 bits per heavy atom. The maximum atomic E-state index is 5.83. The van der Waals surface area contributed by atoms with Crippen LogP contribution in [0.25, 0.3) is 11.0 Å². The summed E-state index contributed by atoms with van der Waals surface area (Å²) in [7, 11) is 0. The third kappa shape index (κ3) is 2.00. The molecule has 0 aliphatic heterocycles.